The summed E-state index contributed by atoms with van der Waals surface area (Å²) in [6.45, 7) is 1.92. The molecule has 0 bridgehead atoms. The van der Waals surface area contributed by atoms with E-state index in [9.17, 15) is 9.90 Å². The third kappa shape index (κ3) is 6.53. The molecule has 2 atom stereocenters. The van der Waals surface area contributed by atoms with E-state index in [0.29, 0.717) is 28.8 Å². The predicted octanol–water partition coefficient (Wildman–Crippen LogP) is 3.12. The lowest BCUT2D eigenvalue weighted by Crippen LogP contribution is -2.40. The highest BCUT2D eigenvalue weighted by molar-refractivity contribution is 6.34. The molecule has 0 saturated carbocycles. The number of nitrogens with one attached hydrogen (secondary N) is 1. The van der Waals surface area contributed by atoms with Crippen LogP contribution in [0.3, 0.4) is 0 Å². The molecule has 0 radical (unpaired) electrons. The van der Waals surface area contributed by atoms with Crippen LogP contribution in [0.1, 0.15) is 12.6 Å². The first-order chi connectivity index (χ1) is 12.0. The second kappa shape index (κ2) is 9.61. The second-order valence-corrected chi connectivity index (χ2v) is 6.56. The molecular weight excluding hydrogens is 363 g/mol. The molecule has 2 aromatic rings. The summed E-state index contributed by atoms with van der Waals surface area (Å²) in [6, 6.07) is 10.4. The van der Waals surface area contributed by atoms with Gasteiger partial charge in [0.05, 0.1) is 0 Å². The minimum Gasteiger partial charge on any atom is -0.481 e. The van der Waals surface area contributed by atoms with E-state index < -0.39 is 6.10 Å². The van der Waals surface area contributed by atoms with Crippen molar-refractivity contribution in [1.29, 1.82) is 0 Å². The number of aromatic nitrogens is 1. The number of carbonyl (C=O) groups excluding carboxylic acids is 1. The molecule has 0 aliphatic heterocycles. The van der Waals surface area contributed by atoms with Gasteiger partial charge in [-0.15, -0.1) is 0 Å². The van der Waals surface area contributed by atoms with Crippen LogP contribution in [0.15, 0.2) is 42.6 Å². The van der Waals surface area contributed by atoms with Crippen LogP contribution in [0.5, 0.6) is 5.75 Å². The van der Waals surface area contributed by atoms with Gasteiger partial charge in [0.2, 0.25) is 0 Å². The van der Waals surface area contributed by atoms with Crippen molar-refractivity contribution in [1.82, 2.24) is 10.3 Å². The summed E-state index contributed by atoms with van der Waals surface area (Å²) in [5.41, 5.74) is 0.869. The summed E-state index contributed by atoms with van der Waals surface area (Å²) >= 11 is 11.8. The number of hydrogen-bond donors (Lipinski definition) is 2. The first-order valence-electron chi connectivity index (χ1n) is 7.89. The van der Waals surface area contributed by atoms with Gasteiger partial charge in [-0.3, -0.25) is 9.78 Å². The molecule has 1 aromatic heterocycles. The summed E-state index contributed by atoms with van der Waals surface area (Å²) in [5.74, 6) is 0.0228. The number of rotatable bonds is 8. The van der Waals surface area contributed by atoms with Gasteiger partial charge in [0, 0.05) is 41.0 Å². The van der Waals surface area contributed by atoms with E-state index in [-0.39, 0.29) is 18.4 Å². The average molecular weight is 383 g/mol. The standard InChI is InChI=1S/C18H20Cl2N2O3/c1-12(25-17-8-14(19)7-15(20)9-17)18(24)22-10-13(11-23)6-16-4-2-3-5-21-16/h2-5,7-9,12-13,23H,6,10-11H2,1H3,(H,22,24). The Morgan fingerprint density at radius 3 is 2.60 bits per heavy atom. The summed E-state index contributed by atoms with van der Waals surface area (Å²) < 4.78 is 5.57. The molecule has 0 fully saturated rings. The van der Waals surface area contributed by atoms with Crippen LogP contribution < -0.4 is 10.1 Å². The molecule has 0 aliphatic carbocycles. The van der Waals surface area contributed by atoms with Gasteiger partial charge in [-0.25, -0.2) is 0 Å². The maximum atomic E-state index is 12.2. The van der Waals surface area contributed by atoms with Gasteiger partial charge in [0.15, 0.2) is 6.10 Å². The lowest BCUT2D eigenvalue weighted by atomic mass is 10.0. The Labute approximate surface area is 156 Å². The van der Waals surface area contributed by atoms with Gasteiger partial charge < -0.3 is 15.2 Å². The molecule has 2 N–H and O–H groups in total. The highest BCUT2D eigenvalue weighted by atomic mass is 35.5. The van der Waals surface area contributed by atoms with E-state index in [1.54, 1.807) is 31.3 Å². The molecule has 1 aromatic carbocycles. The average Bonchev–Trinajstić information content (AvgIpc) is 2.58. The van der Waals surface area contributed by atoms with Crippen LogP contribution in [0.2, 0.25) is 10.0 Å². The zero-order chi connectivity index (χ0) is 18.2. The third-order valence-electron chi connectivity index (χ3n) is 3.57. The number of aliphatic hydroxyl groups excluding tert-OH is 1. The quantitative estimate of drug-likeness (QED) is 0.735. The zero-order valence-corrected chi connectivity index (χ0v) is 15.3. The first kappa shape index (κ1) is 19.5. The molecule has 2 rings (SSSR count). The highest BCUT2D eigenvalue weighted by Crippen LogP contribution is 2.24. The van der Waals surface area contributed by atoms with Gasteiger partial charge in [-0.2, -0.15) is 0 Å². The van der Waals surface area contributed by atoms with Crippen molar-refractivity contribution in [2.45, 2.75) is 19.4 Å². The molecule has 5 nitrogen and oxygen atoms in total. The first-order valence-corrected chi connectivity index (χ1v) is 8.64. The highest BCUT2D eigenvalue weighted by Gasteiger charge is 2.17. The molecule has 1 amide bonds. The number of hydrogen-bond acceptors (Lipinski definition) is 4. The second-order valence-electron chi connectivity index (χ2n) is 5.68. The van der Waals surface area contributed by atoms with E-state index in [1.807, 2.05) is 18.2 Å². The lowest BCUT2D eigenvalue weighted by molar-refractivity contribution is -0.127. The maximum Gasteiger partial charge on any atom is 0.260 e. The molecule has 0 spiro atoms. The largest absolute Gasteiger partial charge is 0.481 e. The topological polar surface area (TPSA) is 71.5 Å². The summed E-state index contributed by atoms with van der Waals surface area (Å²) in [5, 5.41) is 13.2. The fourth-order valence-electron chi connectivity index (χ4n) is 2.26. The number of ether oxygens (including phenoxy) is 1. The Morgan fingerprint density at radius 1 is 1.28 bits per heavy atom. The maximum absolute atomic E-state index is 12.2. The van der Waals surface area contributed by atoms with Crippen LogP contribution in [0.4, 0.5) is 0 Å². The van der Waals surface area contributed by atoms with Crippen molar-refractivity contribution < 1.29 is 14.6 Å². The summed E-state index contributed by atoms with van der Waals surface area (Å²) in [6.07, 6.45) is 1.56. The van der Waals surface area contributed by atoms with Gasteiger partial charge >= 0.3 is 0 Å². The molecule has 0 aliphatic rings. The van der Waals surface area contributed by atoms with Crippen molar-refractivity contribution >= 4 is 29.1 Å². The van der Waals surface area contributed by atoms with E-state index in [1.165, 1.54) is 0 Å². The monoisotopic (exact) mass is 382 g/mol. The molecule has 1 heterocycles. The van der Waals surface area contributed by atoms with Crippen molar-refractivity contribution in [2.75, 3.05) is 13.2 Å². The van der Waals surface area contributed by atoms with Gasteiger partial charge in [-0.1, -0.05) is 29.3 Å². The lowest BCUT2D eigenvalue weighted by Gasteiger charge is -2.18. The fraction of sp³-hybridized carbons (Fsp3) is 0.333. The number of nitrogens with zero attached hydrogens (tertiary/aromatic N) is 1. The minimum atomic E-state index is -0.719. The zero-order valence-electron chi connectivity index (χ0n) is 13.8. The van der Waals surface area contributed by atoms with Gasteiger partial charge in [0.25, 0.3) is 5.91 Å². The fourth-order valence-corrected chi connectivity index (χ4v) is 2.76. The SMILES string of the molecule is CC(Oc1cc(Cl)cc(Cl)c1)C(=O)NCC(CO)Cc1ccccn1. The van der Waals surface area contributed by atoms with E-state index in [4.69, 9.17) is 27.9 Å². The Morgan fingerprint density at radius 2 is 2.00 bits per heavy atom. The number of benzene rings is 1. The number of aliphatic hydroxyl groups is 1. The Balaban J connectivity index is 1.85. The van der Waals surface area contributed by atoms with E-state index in [0.717, 1.165) is 5.69 Å². The van der Waals surface area contributed by atoms with Gasteiger partial charge in [-0.05, 0) is 43.7 Å². The third-order valence-corrected chi connectivity index (χ3v) is 4.00. The number of halogens is 2. The Hall–Kier alpha value is -1.82. The van der Waals surface area contributed by atoms with Crippen LogP contribution in [0, 0.1) is 5.92 Å². The Bertz CT molecular complexity index is 678. The number of pyridine rings is 1. The Kier molecular flexibility index (Phi) is 7.50. The predicted molar refractivity (Wildman–Crippen MR) is 98.1 cm³/mol. The molecule has 0 saturated heterocycles. The molecular formula is C18H20Cl2N2O3. The minimum absolute atomic E-state index is 0.0456. The van der Waals surface area contributed by atoms with Crippen molar-refractivity contribution in [3.8, 4) is 5.75 Å². The summed E-state index contributed by atoms with van der Waals surface area (Å²) in [4.78, 5) is 16.4. The summed E-state index contributed by atoms with van der Waals surface area (Å²) in [7, 11) is 0. The molecule has 7 heteroatoms. The van der Waals surface area contributed by atoms with Crippen molar-refractivity contribution in [3.63, 3.8) is 0 Å². The van der Waals surface area contributed by atoms with E-state index >= 15 is 0 Å². The van der Waals surface area contributed by atoms with Crippen LogP contribution in [-0.2, 0) is 11.2 Å². The van der Waals surface area contributed by atoms with Gasteiger partial charge in [0.1, 0.15) is 5.75 Å². The van der Waals surface area contributed by atoms with Crippen molar-refractivity contribution in [2.24, 2.45) is 5.92 Å². The normalized spacial score (nSPS) is 13.1. The van der Waals surface area contributed by atoms with Crippen molar-refractivity contribution in [3.05, 3.63) is 58.3 Å². The van der Waals surface area contributed by atoms with Crippen LogP contribution in [-0.4, -0.2) is 35.3 Å². The number of amides is 1. The molecule has 134 valence electrons. The number of carbonyl (C=O) groups is 1. The van der Waals surface area contributed by atoms with E-state index in [2.05, 4.69) is 10.3 Å². The molecule has 25 heavy (non-hydrogen) atoms. The smallest absolute Gasteiger partial charge is 0.260 e. The van der Waals surface area contributed by atoms with Crippen LogP contribution >= 0.6 is 23.2 Å². The van der Waals surface area contributed by atoms with Crippen LogP contribution in [0.25, 0.3) is 0 Å². The molecule has 2 unspecified atom stereocenters.